The number of amides is 1. The Balaban J connectivity index is 1.13. The van der Waals surface area contributed by atoms with Crippen LogP contribution in [0, 0.1) is 0 Å². The molecule has 0 bridgehead atoms. The second-order valence-electron chi connectivity index (χ2n) is 10.6. The molecule has 2 aromatic heterocycles. The molecule has 1 amide bonds. The third kappa shape index (κ3) is 8.48. The Bertz CT molecular complexity index is 1880. The number of thioether (sulfide) groups is 1. The summed E-state index contributed by atoms with van der Waals surface area (Å²) in [6.45, 7) is 0.0456. The summed E-state index contributed by atoms with van der Waals surface area (Å²) in [6, 6.07) is 19.1. The number of halogens is 1. The fourth-order valence-corrected chi connectivity index (χ4v) is 7.91. The Morgan fingerprint density at radius 3 is 2.71 bits per heavy atom. The van der Waals surface area contributed by atoms with Crippen molar-refractivity contribution in [1.29, 1.82) is 0 Å². The normalized spacial score (nSPS) is 13.1. The van der Waals surface area contributed by atoms with Crippen molar-refractivity contribution in [2.45, 2.75) is 53.2 Å². The van der Waals surface area contributed by atoms with Gasteiger partial charge in [0.1, 0.15) is 10.1 Å². The molecule has 232 valence electrons. The first-order chi connectivity index (χ1) is 21.8. The fraction of sp³-hybridized carbons (Fsp3) is 0.258. The molecule has 1 aliphatic carbocycles. The molecular formula is C31H29ClN6O4S3. The van der Waals surface area contributed by atoms with Gasteiger partial charge in [0.15, 0.2) is 16.4 Å². The first kappa shape index (κ1) is 31.2. The summed E-state index contributed by atoms with van der Waals surface area (Å²) in [5, 5.41) is 19.4. The van der Waals surface area contributed by atoms with Crippen LogP contribution >= 0.6 is 34.7 Å². The number of carbonyl (C=O) groups is 1. The number of H-pyrrole nitrogens is 1. The minimum Gasteiger partial charge on any atom is -0.483 e. The summed E-state index contributed by atoms with van der Waals surface area (Å²) in [7, 11) is -3.46. The molecule has 1 aliphatic rings. The molecule has 5 aromatic rings. The highest BCUT2D eigenvalue weighted by Crippen LogP contribution is 2.41. The Labute approximate surface area is 273 Å². The monoisotopic (exact) mass is 680 g/mol. The molecule has 10 nitrogen and oxygen atoms in total. The minimum atomic E-state index is -3.46. The van der Waals surface area contributed by atoms with E-state index >= 15 is 0 Å². The lowest BCUT2D eigenvalue weighted by Crippen LogP contribution is -2.14. The van der Waals surface area contributed by atoms with Crippen molar-refractivity contribution in [3.63, 3.8) is 0 Å². The van der Waals surface area contributed by atoms with E-state index in [2.05, 4.69) is 31.3 Å². The zero-order chi connectivity index (χ0) is 31.2. The number of rotatable bonds is 14. The van der Waals surface area contributed by atoms with E-state index < -0.39 is 9.84 Å². The van der Waals surface area contributed by atoms with E-state index in [0.29, 0.717) is 52.4 Å². The predicted molar refractivity (Wildman–Crippen MR) is 175 cm³/mol. The molecule has 1 saturated carbocycles. The van der Waals surface area contributed by atoms with Crippen molar-refractivity contribution in [2.24, 2.45) is 0 Å². The van der Waals surface area contributed by atoms with Crippen LogP contribution in [0.5, 0.6) is 5.75 Å². The number of aromatic nitrogens is 5. The molecule has 1 fully saturated rings. The number of hydrogen-bond donors (Lipinski definition) is 2. The molecule has 45 heavy (non-hydrogen) atoms. The summed E-state index contributed by atoms with van der Waals surface area (Å²) in [5.41, 5.74) is 4.02. The lowest BCUT2D eigenvalue weighted by molar-refractivity contribution is 0.102. The fourth-order valence-electron chi connectivity index (χ4n) is 4.61. The Morgan fingerprint density at radius 2 is 1.93 bits per heavy atom. The number of thiazole rings is 1. The van der Waals surface area contributed by atoms with Crippen LogP contribution < -0.4 is 10.1 Å². The maximum Gasteiger partial charge on any atom is 0.255 e. The molecule has 0 atom stereocenters. The Hall–Kier alpha value is -3.78. The van der Waals surface area contributed by atoms with Gasteiger partial charge in [0.05, 0.1) is 22.0 Å². The SMILES string of the molecule is O=C(Nc1cc(CCCS(=O)(=O)c2ccc(Cl)cc2)ccc1OCc1nn[nH]n1)c1cccc(CSc2nc(C3CC3)cs2)c1. The highest BCUT2D eigenvalue weighted by atomic mass is 35.5. The van der Waals surface area contributed by atoms with Gasteiger partial charge in [0.2, 0.25) is 5.82 Å². The topological polar surface area (TPSA) is 140 Å². The van der Waals surface area contributed by atoms with Gasteiger partial charge in [-0.3, -0.25) is 4.79 Å². The van der Waals surface area contributed by atoms with Gasteiger partial charge in [-0.2, -0.15) is 5.21 Å². The first-order valence-corrected chi connectivity index (χ1v) is 18.2. The Kier molecular flexibility index (Phi) is 9.79. The van der Waals surface area contributed by atoms with E-state index in [0.717, 1.165) is 15.5 Å². The molecule has 0 saturated heterocycles. The maximum atomic E-state index is 13.4. The van der Waals surface area contributed by atoms with Crippen molar-refractivity contribution in [2.75, 3.05) is 11.1 Å². The summed E-state index contributed by atoms with van der Waals surface area (Å²) < 4.78 is 32.5. The molecule has 0 radical (unpaired) electrons. The van der Waals surface area contributed by atoms with Crippen LogP contribution in [0.3, 0.4) is 0 Å². The smallest absolute Gasteiger partial charge is 0.255 e. The lowest BCUT2D eigenvalue weighted by Gasteiger charge is -2.14. The number of carbonyl (C=O) groups excluding carboxylic acids is 1. The van der Waals surface area contributed by atoms with Gasteiger partial charge in [0.25, 0.3) is 5.91 Å². The maximum absolute atomic E-state index is 13.4. The molecule has 3 aromatic carbocycles. The van der Waals surface area contributed by atoms with E-state index in [-0.39, 0.29) is 23.2 Å². The zero-order valence-electron chi connectivity index (χ0n) is 24.0. The van der Waals surface area contributed by atoms with Crippen LogP contribution in [0.4, 0.5) is 5.69 Å². The number of tetrazole rings is 1. The van der Waals surface area contributed by atoms with Gasteiger partial charge in [-0.25, -0.2) is 13.4 Å². The summed E-state index contributed by atoms with van der Waals surface area (Å²) in [4.78, 5) is 18.4. The quantitative estimate of drug-likeness (QED) is 0.122. The van der Waals surface area contributed by atoms with Gasteiger partial charge in [-0.05, 0) is 85.3 Å². The van der Waals surface area contributed by atoms with Crippen molar-refractivity contribution in [1.82, 2.24) is 25.6 Å². The average molecular weight is 681 g/mol. The van der Waals surface area contributed by atoms with Crippen LogP contribution in [-0.4, -0.2) is 45.7 Å². The molecule has 2 N–H and O–H groups in total. The molecule has 6 rings (SSSR count). The van der Waals surface area contributed by atoms with Gasteiger partial charge < -0.3 is 10.1 Å². The van der Waals surface area contributed by atoms with Crippen molar-refractivity contribution < 1.29 is 17.9 Å². The van der Waals surface area contributed by atoms with E-state index in [9.17, 15) is 13.2 Å². The number of aromatic amines is 1. The molecule has 0 unspecified atom stereocenters. The van der Waals surface area contributed by atoms with Crippen LogP contribution in [0.1, 0.15) is 58.2 Å². The largest absolute Gasteiger partial charge is 0.483 e. The van der Waals surface area contributed by atoms with Crippen molar-refractivity contribution in [3.8, 4) is 5.75 Å². The number of benzene rings is 3. The van der Waals surface area contributed by atoms with Crippen LogP contribution in [0.2, 0.25) is 5.02 Å². The highest BCUT2D eigenvalue weighted by molar-refractivity contribution is 8.00. The molecule has 0 spiro atoms. The number of sulfone groups is 1. The number of anilines is 1. The van der Waals surface area contributed by atoms with Gasteiger partial charge in [-0.15, -0.1) is 21.5 Å². The third-order valence-electron chi connectivity index (χ3n) is 7.14. The second kappa shape index (κ2) is 14.1. The Morgan fingerprint density at radius 1 is 1.09 bits per heavy atom. The van der Waals surface area contributed by atoms with Gasteiger partial charge in [0, 0.05) is 27.6 Å². The number of nitrogens with zero attached hydrogens (tertiary/aromatic N) is 4. The van der Waals surface area contributed by atoms with Crippen LogP contribution in [-0.2, 0) is 28.6 Å². The van der Waals surface area contributed by atoms with E-state index in [1.807, 2.05) is 24.3 Å². The standard InChI is InChI=1S/C31H29ClN6O4S3/c32-24-9-11-25(12-10-24)45(40,41)14-2-4-20-6-13-28(42-17-29-35-37-38-36-29)26(16-20)33-30(39)23-5-1-3-21(15-23)18-43-31-34-27(19-44-31)22-7-8-22/h1,3,5-6,9-13,15-16,19,22H,2,4,7-8,14,17-18H2,(H,33,39)(H,35,36,37,38). The molecule has 2 heterocycles. The number of ether oxygens (including phenoxy) is 1. The van der Waals surface area contributed by atoms with Crippen molar-refractivity contribution in [3.05, 3.63) is 105 Å². The average Bonchev–Trinajstić information content (AvgIpc) is 3.54. The molecule has 0 aliphatic heterocycles. The predicted octanol–water partition coefficient (Wildman–Crippen LogP) is 6.72. The number of aryl methyl sites for hydroxylation is 1. The van der Waals surface area contributed by atoms with Gasteiger partial charge in [-0.1, -0.05) is 46.8 Å². The number of nitrogens with one attached hydrogen (secondary N) is 2. The molecule has 14 heteroatoms. The third-order valence-corrected chi connectivity index (χ3v) is 11.3. The van der Waals surface area contributed by atoms with E-state index in [4.69, 9.17) is 21.3 Å². The molecular weight excluding hydrogens is 652 g/mol. The van der Waals surface area contributed by atoms with Gasteiger partial charge >= 0.3 is 0 Å². The summed E-state index contributed by atoms with van der Waals surface area (Å²) in [5.74, 6) is 1.79. The zero-order valence-corrected chi connectivity index (χ0v) is 27.2. The van der Waals surface area contributed by atoms with E-state index in [1.54, 1.807) is 53.4 Å². The lowest BCUT2D eigenvalue weighted by atomic mass is 10.1. The summed E-state index contributed by atoms with van der Waals surface area (Å²) in [6.07, 6.45) is 3.32. The summed E-state index contributed by atoms with van der Waals surface area (Å²) >= 11 is 9.24. The first-order valence-electron chi connectivity index (χ1n) is 14.3. The van der Waals surface area contributed by atoms with Crippen LogP contribution in [0.25, 0.3) is 0 Å². The van der Waals surface area contributed by atoms with Crippen LogP contribution in [0.15, 0.2) is 81.3 Å². The second-order valence-corrected chi connectivity index (χ2v) is 15.2. The minimum absolute atomic E-state index is 0.0277. The highest BCUT2D eigenvalue weighted by Gasteiger charge is 2.26. The van der Waals surface area contributed by atoms with Crippen molar-refractivity contribution >= 4 is 56.1 Å². The van der Waals surface area contributed by atoms with E-state index in [1.165, 1.54) is 30.7 Å². The number of hydrogen-bond acceptors (Lipinski definition) is 10.